The van der Waals surface area contributed by atoms with Crippen LogP contribution in [0.4, 0.5) is 0 Å². The Morgan fingerprint density at radius 2 is 1.70 bits per heavy atom. The Morgan fingerprint density at radius 3 is 2.36 bits per heavy atom. The summed E-state index contributed by atoms with van der Waals surface area (Å²) < 4.78 is 13.2. The van der Waals surface area contributed by atoms with Gasteiger partial charge in [0.1, 0.15) is 0 Å². The van der Waals surface area contributed by atoms with Gasteiger partial charge in [0, 0.05) is 34.5 Å². The largest absolute Gasteiger partial charge is 0.465 e. The van der Waals surface area contributed by atoms with E-state index in [1.54, 1.807) is 56.4 Å². The average Bonchev–Trinajstić information content (AvgIpc) is 3.38. The minimum absolute atomic E-state index is 0.166. The summed E-state index contributed by atoms with van der Waals surface area (Å²) in [5, 5.41) is 4.08. The van der Waals surface area contributed by atoms with E-state index in [-0.39, 0.29) is 17.4 Å². The molecule has 0 unspecified atom stereocenters. The van der Waals surface area contributed by atoms with E-state index in [0.29, 0.717) is 16.8 Å². The van der Waals surface area contributed by atoms with Crippen LogP contribution >= 0.6 is 0 Å². The molecule has 3 heterocycles. The number of ether oxygens (including phenoxy) is 2. The van der Waals surface area contributed by atoms with Gasteiger partial charge in [-0.05, 0) is 57.2 Å². The van der Waals surface area contributed by atoms with E-state index in [1.807, 2.05) is 11.5 Å². The molecular formula is C23H21N5O5. The van der Waals surface area contributed by atoms with Gasteiger partial charge in [0.05, 0.1) is 12.7 Å². The van der Waals surface area contributed by atoms with E-state index in [1.165, 1.54) is 11.6 Å². The smallest absolute Gasteiger partial charge is 0.378 e. The number of aromatic nitrogens is 5. The first-order valence-corrected chi connectivity index (χ1v) is 10.1. The van der Waals surface area contributed by atoms with E-state index >= 15 is 0 Å². The van der Waals surface area contributed by atoms with Crippen LogP contribution < -0.4 is 0 Å². The second kappa shape index (κ2) is 8.65. The molecule has 3 aromatic heterocycles. The molecule has 0 N–H and O–H groups in total. The first-order chi connectivity index (χ1) is 15.8. The minimum Gasteiger partial charge on any atom is -0.465 e. The predicted octanol–water partition coefficient (Wildman–Crippen LogP) is 2.67. The number of aryl methyl sites for hydroxylation is 2. The predicted molar refractivity (Wildman–Crippen MR) is 117 cm³/mol. The summed E-state index contributed by atoms with van der Waals surface area (Å²) in [6.45, 7) is 5.02. The van der Waals surface area contributed by atoms with Crippen LogP contribution in [0, 0.1) is 20.8 Å². The maximum atomic E-state index is 12.8. The number of hydrogen-bond donors (Lipinski definition) is 0. The third kappa shape index (κ3) is 4.10. The quantitative estimate of drug-likeness (QED) is 0.327. The molecule has 0 aliphatic carbocycles. The molecule has 33 heavy (non-hydrogen) atoms. The highest BCUT2D eigenvalue weighted by molar-refractivity contribution is 6.00. The molecule has 10 nitrogen and oxygen atoms in total. The number of methoxy groups -OCH3 is 1. The molecule has 0 aliphatic rings. The molecule has 0 radical (unpaired) electrons. The average molecular weight is 447 g/mol. The first kappa shape index (κ1) is 21.9. The van der Waals surface area contributed by atoms with Gasteiger partial charge < -0.3 is 14.0 Å². The van der Waals surface area contributed by atoms with Crippen molar-refractivity contribution >= 4 is 23.5 Å². The second-order valence-corrected chi connectivity index (χ2v) is 7.39. The minimum atomic E-state index is -0.805. The fourth-order valence-electron chi connectivity index (χ4n) is 3.57. The van der Waals surface area contributed by atoms with Crippen molar-refractivity contribution in [2.45, 2.75) is 20.8 Å². The van der Waals surface area contributed by atoms with Gasteiger partial charge in [-0.1, -0.05) is 0 Å². The van der Waals surface area contributed by atoms with Crippen molar-refractivity contribution in [1.29, 1.82) is 0 Å². The monoisotopic (exact) mass is 447 g/mol. The Hall–Kier alpha value is -4.34. The van der Waals surface area contributed by atoms with Gasteiger partial charge in [0.25, 0.3) is 11.6 Å². The molecule has 0 atom stereocenters. The van der Waals surface area contributed by atoms with Gasteiger partial charge in [0.2, 0.25) is 5.78 Å². The highest BCUT2D eigenvalue weighted by atomic mass is 16.5. The molecule has 1 aromatic carbocycles. The van der Waals surface area contributed by atoms with Gasteiger partial charge in [0.15, 0.2) is 6.61 Å². The van der Waals surface area contributed by atoms with Crippen molar-refractivity contribution in [1.82, 2.24) is 24.1 Å². The normalized spacial score (nSPS) is 10.9. The zero-order valence-corrected chi connectivity index (χ0v) is 18.5. The molecule has 168 valence electrons. The molecule has 0 spiro atoms. The summed E-state index contributed by atoms with van der Waals surface area (Å²) in [5.74, 6) is -1.48. The van der Waals surface area contributed by atoms with E-state index in [2.05, 4.69) is 15.1 Å². The maximum Gasteiger partial charge on any atom is 0.378 e. The van der Waals surface area contributed by atoms with Gasteiger partial charge in [-0.3, -0.25) is 4.79 Å². The maximum absolute atomic E-state index is 12.8. The van der Waals surface area contributed by atoms with Gasteiger partial charge in [-0.25, -0.2) is 19.1 Å². The molecule has 4 aromatic rings. The number of hydrogen-bond acceptors (Lipinski definition) is 8. The summed E-state index contributed by atoms with van der Waals surface area (Å²) in [7, 11) is 1.32. The molecule has 0 aliphatic heterocycles. The van der Waals surface area contributed by atoms with Crippen molar-refractivity contribution in [2.75, 3.05) is 13.7 Å². The Balaban J connectivity index is 1.50. The number of Topliss-reactive ketones (excluding diaryl/α,β-unsaturated/α-hetero) is 1. The number of esters is 2. The van der Waals surface area contributed by atoms with Gasteiger partial charge >= 0.3 is 11.9 Å². The number of nitrogens with zero attached hydrogens (tertiary/aromatic N) is 5. The van der Waals surface area contributed by atoms with E-state index in [9.17, 15) is 14.4 Å². The second-order valence-electron chi connectivity index (χ2n) is 7.39. The molecule has 0 saturated heterocycles. The molecule has 0 amide bonds. The summed E-state index contributed by atoms with van der Waals surface area (Å²) >= 11 is 0. The van der Waals surface area contributed by atoms with Crippen LogP contribution in [0.15, 0.2) is 42.6 Å². The topological polar surface area (TPSA) is 118 Å². The van der Waals surface area contributed by atoms with Crippen molar-refractivity contribution in [3.63, 3.8) is 0 Å². The summed E-state index contributed by atoms with van der Waals surface area (Å²) in [6.07, 6.45) is 1.57. The number of carbonyl (C=O) groups is 3. The number of ketones is 1. The van der Waals surface area contributed by atoms with Crippen molar-refractivity contribution in [3.8, 4) is 5.69 Å². The highest BCUT2D eigenvalue weighted by Gasteiger charge is 2.21. The summed E-state index contributed by atoms with van der Waals surface area (Å²) in [4.78, 5) is 44.9. The van der Waals surface area contributed by atoms with E-state index in [0.717, 1.165) is 17.1 Å². The fourth-order valence-corrected chi connectivity index (χ4v) is 3.57. The number of rotatable bonds is 6. The summed E-state index contributed by atoms with van der Waals surface area (Å²) in [6, 6.07) is 10.3. The van der Waals surface area contributed by atoms with Crippen LogP contribution in [0.1, 0.15) is 48.4 Å². The van der Waals surface area contributed by atoms with E-state index < -0.39 is 18.5 Å². The van der Waals surface area contributed by atoms with Crippen molar-refractivity contribution < 1.29 is 23.9 Å². The molecule has 10 heteroatoms. The standard InChI is InChI=1S/C23H21N5O5/c1-13-9-10-24-23-25-20(26-28(13)23)22(31)33-12-19(29)18-11-14(2)27(15(18)3)17-7-5-16(6-8-17)21(30)32-4/h5-11H,12H2,1-4H3. The lowest BCUT2D eigenvalue weighted by atomic mass is 10.1. The van der Waals surface area contributed by atoms with E-state index in [4.69, 9.17) is 9.47 Å². The van der Waals surface area contributed by atoms with Crippen LogP contribution in [-0.2, 0) is 9.47 Å². The van der Waals surface area contributed by atoms with Crippen molar-refractivity contribution in [2.24, 2.45) is 0 Å². The van der Waals surface area contributed by atoms with Crippen LogP contribution in [0.5, 0.6) is 0 Å². The highest BCUT2D eigenvalue weighted by Crippen LogP contribution is 2.22. The lowest BCUT2D eigenvalue weighted by molar-refractivity contribution is 0.0462. The SMILES string of the molecule is COC(=O)c1ccc(-n2c(C)cc(C(=O)COC(=O)c3nc4nccc(C)n4n3)c2C)cc1. The lowest BCUT2D eigenvalue weighted by Gasteiger charge is -2.10. The molecule has 0 saturated carbocycles. The van der Waals surface area contributed by atoms with Gasteiger partial charge in [-0.15, -0.1) is 5.10 Å². The van der Waals surface area contributed by atoms with Crippen LogP contribution in [0.2, 0.25) is 0 Å². The van der Waals surface area contributed by atoms with Crippen LogP contribution in [-0.4, -0.2) is 55.6 Å². The third-order valence-electron chi connectivity index (χ3n) is 5.22. The molecule has 0 bridgehead atoms. The number of benzene rings is 1. The van der Waals surface area contributed by atoms with Crippen LogP contribution in [0.3, 0.4) is 0 Å². The number of carbonyl (C=O) groups excluding carboxylic acids is 3. The molecule has 0 fully saturated rings. The molecule has 4 rings (SSSR count). The Kier molecular flexibility index (Phi) is 5.74. The Morgan fingerprint density at radius 1 is 0.970 bits per heavy atom. The van der Waals surface area contributed by atoms with Gasteiger partial charge in [-0.2, -0.15) is 4.98 Å². The van der Waals surface area contributed by atoms with Crippen LogP contribution in [0.25, 0.3) is 11.5 Å². The fraction of sp³-hybridized carbons (Fsp3) is 0.217. The Bertz CT molecular complexity index is 1380. The lowest BCUT2D eigenvalue weighted by Crippen LogP contribution is -2.16. The van der Waals surface area contributed by atoms with Crippen molar-refractivity contribution in [3.05, 3.63) is 76.6 Å². The number of fused-ring (bicyclic) bond motifs is 1. The summed E-state index contributed by atoms with van der Waals surface area (Å²) in [5.41, 5.74) is 3.90. The molecular weight excluding hydrogens is 426 g/mol. The first-order valence-electron chi connectivity index (χ1n) is 10.1. The zero-order valence-electron chi connectivity index (χ0n) is 18.5. The zero-order chi connectivity index (χ0) is 23.7. The Labute approximate surface area is 188 Å². The third-order valence-corrected chi connectivity index (χ3v) is 5.22.